The molecular formula is C24H26N4O5. The Bertz CT molecular complexity index is 1110. The Balaban J connectivity index is 1.54. The van der Waals surface area contributed by atoms with Gasteiger partial charge in [-0.05, 0) is 58.3 Å². The summed E-state index contributed by atoms with van der Waals surface area (Å²) in [7, 11) is 3.85. The summed E-state index contributed by atoms with van der Waals surface area (Å²) in [5, 5.41) is 2.76. The van der Waals surface area contributed by atoms with E-state index in [2.05, 4.69) is 5.32 Å². The van der Waals surface area contributed by atoms with Gasteiger partial charge >= 0.3 is 0 Å². The van der Waals surface area contributed by atoms with Gasteiger partial charge in [0.15, 0.2) is 6.10 Å². The van der Waals surface area contributed by atoms with E-state index in [4.69, 9.17) is 4.74 Å². The molecule has 0 aromatic heterocycles. The quantitative estimate of drug-likeness (QED) is 0.676. The molecule has 9 nitrogen and oxygen atoms in total. The van der Waals surface area contributed by atoms with Crippen LogP contribution in [0, 0.1) is 0 Å². The Labute approximate surface area is 191 Å². The SMILES string of the molecule is CC1Oc2ccc(NC(=O)C(C)N3C(=O)c4ccccc4C3=O)cc2N(CCN(C)C)C1=O. The average molecular weight is 450 g/mol. The maximum Gasteiger partial charge on any atom is 0.267 e. The van der Waals surface area contributed by atoms with E-state index in [1.54, 1.807) is 54.3 Å². The van der Waals surface area contributed by atoms with Gasteiger partial charge in [0.2, 0.25) is 5.91 Å². The standard InChI is InChI=1S/C24H26N4O5/c1-14(28-23(31)17-7-5-6-8-18(17)24(28)32)21(29)25-16-9-10-20-19(13-16)27(12-11-26(3)4)22(30)15(2)33-20/h5-10,13-15H,11-12H2,1-4H3,(H,25,29). The molecule has 0 aliphatic carbocycles. The summed E-state index contributed by atoms with van der Waals surface area (Å²) < 4.78 is 5.72. The minimum atomic E-state index is -1.02. The number of hydrogen-bond acceptors (Lipinski definition) is 6. The fraction of sp³-hybridized carbons (Fsp3) is 0.333. The number of imide groups is 1. The fourth-order valence-corrected chi connectivity index (χ4v) is 3.94. The number of benzene rings is 2. The van der Waals surface area contributed by atoms with Gasteiger partial charge in [-0.3, -0.25) is 24.1 Å². The highest BCUT2D eigenvalue weighted by molar-refractivity contribution is 6.23. The van der Waals surface area contributed by atoms with E-state index in [9.17, 15) is 19.2 Å². The predicted molar refractivity (Wildman–Crippen MR) is 122 cm³/mol. The van der Waals surface area contributed by atoms with Gasteiger partial charge in [0.1, 0.15) is 11.8 Å². The Hall–Kier alpha value is -3.72. The lowest BCUT2D eigenvalue weighted by molar-refractivity contribution is -0.125. The van der Waals surface area contributed by atoms with Crippen LogP contribution < -0.4 is 15.0 Å². The molecule has 0 bridgehead atoms. The van der Waals surface area contributed by atoms with Gasteiger partial charge in [-0.15, -0.1) is 0 Å². The van der Waals surface area contributed by atoms with Crippen molar-refractivity contribution in [3.63, 3.8) is 0 Å². The van der Waals surface area contributed by atoms with E-state index >= 15 is 0 Å². The summed E-state index contributed by atoms with van der Waals surface area (Å²) in [6, 6.07) is 10.5. The third kappa shape index (κ3) is 4.07. The van der Waals surface area contributed by atoms with Crippen LogP contribution in [0.5, 0.6) is 5.75 Å². The first-order valence-corrected chi connectivity index (χ1v) is 10.7. The maximum absolute atomic E-state index is 12.9. The van der Waals surface area contributed by atoms with Crippen LogP contribution in [0.1, 0.15) is 34.6 Å². The largest absolute Gasteiger partial charge is 0.479 e. The third-order valence-corrected chi connectivity index (χ3v) is 5.80. The molecule has 2 heterocycles. The zero-order valence-corrected chi connectivity index (χ0v) is 19.0. The molecule has 33 heavy (non-hydrogen) atoms. The first-order chi connectivity index (χ1) is 15.7. The molecule has 0 fully saturated rings. The smallest absolute Gasteiger partial charge is 0.267 e. The van der Waals surface area contributed by atoms with Gasteiger partial charge in [0.05, 0.1) is 16.8 Å². The normalized spacial score (nSPS) is 18.2. The second-order valence-corrected chi connectivity index (χ2v) is 8.43. The molecule has 1 N–H and O–H groups in total. The summed E-state index contributed by atoms with van der Waals surface area (Å²) in [6.07, 6.45) is -0.603. The summed E-state index contributed by atoms with van der Waals surface area (Å²) >= 11 is 0. The van der Waals surface area contributed by atoms with Crippen molar-refractivity contribution in [2.45, 2.75) is 26.0 Å². The van der Waals surface area contributed by atoms with E-state index < -0.39 is 29.9 Å². The van der Waals surface area contributed by atoms with Crippen LogP contribution in [0.25, 0.3) is 0 Å². The number of likely N-dealkylation sites (N-methyl/N-ethyl adjacent to an activating group) is 1. The number of hydrogen-bond donors (Lipinski definition) is 1. The molecule has 9 heteroatoms. The van der Waals surface area contributed by atoms with Gasteiger partial charge in [0.25, 0.3) is 17.7 Å². The highest BCUT2D eigenvalue weighted by atomic mass is 16.5. The molecule has 4 amide bonds. The van der Waals surface area contributed by atoms with Crippen LogP contribution in [0.15, 0.2) is 42.5 Å². The first-order valence-electron chi connectivity index (χ1n) is 10.7. The molecule has 2 aliphatic rings. The van der Waals surface area contributed by atoms with E-state index in [-0.39, 0.29) is 17.0 Å². The molecule has 2 unspecified atom stereocenters. The van der Waals surface area contributed by atoms with Gasteiger partial charge < -0.3 is 19.9 Å². The maximum atomic E-state index is 12.9. The van der Waals surface area contributed by atoms with Crippen molar-refractivity contribution >= 4 is 35.0 Å². The van der Waals surface area contributed by atoms with Gasteiger partial charge in [-0.2, -0.15) is 0 Å². The summed E-state index contributed by atoms with van der Waals surface area (Å²) in [5.74, 6) is -1.11. The van der Waals surface area contributed by atoms with Gasteiger partial charge in [0, 0.05) is 18.8 Å². The summed E-state index contributed by atoms with van der Waals surface area (Å²) in [6.45, 7) is 4.33. The van der Waals surface area contributed by atoms with Crippen LogP contribution in [-0.2, 0) is 9.59 Å². The third-order valence-electron chi connectivity index (χ3n) is 5.80. The Morgan fingerprint density at radius 2 is 1.73 bits per heavy atom. The van der Waals surface area contributed by atoms with Crippen LogP contribution in [-0.4, -0.2) is 72.8 Å². The summed E-state index contributed by atoms with van der Waals surface area (Å²) in [5.41, 5.74) is 1.57. The minimum absolute atomic E-state index is 0.160. The van der Waals surface area contributed by atoms with Crippen molar-refractivity contribution in [3.05, 3.63) is 53.6 Å². The first kappa shape index (κ1) is 22.5. The van der Waals surface area contributed by atoms with E-state index in [1.165, 1.54) is 6.92 Å². The van der Waals surface area contributed by atoms with E-state index in [0.717, 1.165) is 4.90 Å². The van der Waals surface area contributed by atoms with E-state index in [1.807, 2.05) is 19.0 Å². The number of fused-ring (bicyclic) bond motifs is 2. The molecule has 172 valence electrons. The fourth-order valence-electron chi connectivity index (χ4n) is 3.94. The second-order valence-electron chi connectivity index (χ2n) is 8.43. The molecule has 2 aliphatic heterocycles. The van der Waals surface area contributed by atoms with Crippen molar-refractivity contribution < 1.29 is 23.9 Å². The number of ether oxygens (including phenoxy) is 1. The minimum Gasteiger partial charge on any atom is -0.479 e. The zero-order chi connectivity index (χ0) is 23.9. The number of amides is 4. The van der Waals surface area contributed by atoms with Crippen molar-refractivity contribution in [1.29, 1.82) is 0 Å². The van der Waals surface area contributed by atoms with Crippen molar-refractivity contribution in [3.8, 4) is 5.75 Å². The highest BCUT2D eigenvalue weighted by Gasteiger charge is 2.40. The molecule has 0 saturated heterocycles. The van der Waals surface area contributed by atoms with Crippen molar-refractivity contribution in [2.24, 2.45) is 0 Å². The monoisotopic (exact) mass is 450 g/mol. The predicted octanol–water partition coefficient (Wildman–Crippen LogP) is 1.99. The molecule has 0 saturated carbocycles. The summed E-state index contributed by atoms with van der Waals surface area (Å²) in [4.78, 5) is 55.6. The number of anilines is 2. The Morgan fingerprint density at radius 3 is 2.33 bits per heavy atom. The van der Waals surface area contributed by atoms with Gasteiger partial charge in [-0.25, -0.2) is 0 Å². The highest BCUT2D eigenvalue weighted by Crippen LogP contribution is 2.36. The number of nitrogens with one attached hydrogen (secondary N) is 1. The number of rotatable bonds is 6. The molecule has 4 rings (SSSR count). The van der Waals surface area contributed by atoms with Crippen LogP contribution in [0.4, 0.5) is 11.4 Å². The molecular weight excluding hydrogens is 424 g/mol. The van der Waals surface area contributed by atoms with Crippen molar-refractivity contribution in [2.75, 3.05) is 37.4 Å². The van der Waals surface area contributed by atoms with Crippen LogP contribution in [0.2, 0.25) is 0 Å². The number of carbonyl (C=O) groups is 4. The molecule has 2 atom stereocenters. The number of nitrogens with zero attached hydrogens (tertiary/aromatic N) is 3. The zero-order valence-electron chi connectivity index (χ0n) is 19.0. The molecule has 0 spiro atoms. The van der Waals surface area contributed by atoms with E-state index in [0.29, 0.717) is 30.2 Å². The Kier molecular flexibility index (Phi) is 5.90. The number of carbonyl (C=O) groups excluding carboxylic acids is 4. The molecule has 0 radical (unpaired) electrons. The van der Waals surface area contributed by atoms with Crippen LogP contribution >= 0.6 is 0 Å². The second kappa shape index (κ2) is 8.67. The average Bonchev–Trinajstić information content (AvgIpc) is 3.04. The lowest BCUT2D eigenvalue weighted by Crippen LogP contribution is -2.47. The van der Waals surface area contributed by atoms with Gasteiger partial charge in [-0.1, -0.05) is 12.1 Å². The molecule has 2 aromatic carbocycles. The Morgan fingerprint density at radius 1 is 1.09 bits per heavy atom. The molecule has 2 aromatic rings. The lowest BCUT2D eigenvalue weighted by atomic mass is 10.1. The lowest BCUT2D eigenvalue weighted by Gasteiger charge is -2.34. The topological polar surface area (TPSA) is 99.3 Å². The van der Waals surface area contributed by atoms with Crippen molar-refractivity contribution in [1.82, 2.24) is 9.80 Å². The van der Waals surface area contributed by atoms with Crippen LogP contribution in [0.3, 0.4) is 0 Å².